The van der Waals surface area contributed by atoms with Crippen LogP contribution < -0.4 is 5.11 Å². The molecule has 2 rings (SSSR count). The highest BCUT2D eigenvalue weighted by Crippen LogP contribution is 2.16. The average molecular weight is 234 g/mol. The maximum Gasteiger partial charge on any atom is 0.328 e. The van der Waals surface area contributed by atoms with Crippen LogP contribution in [0.2, 0.25) is 0 Å². The number of benzene rings is 1. The van der Waals surface area contributed by atoms with Gasteiger partial charge in [-0.2, -0.15) is 0 Å². The van der Waals surface area contributed by atoms with Gasteiger partial charge in [0.1, 0.15) is 12.1 Å². The Morgan fingerprint density at radius 1 is 1.41 bits per heavy atom. The number of rotatable bonds is 3. The van der Waals surface area contributed by atoms with Gasteiger partial charge < -0.3 is 19.5 Å². The topological polar surface area (TPSA) is 69.7 Å². The number of carbonyl (C=O) groups is 2. The first kappa shape index (κ1) is 11.4. The lowest BCUT2D eigenvalue weighted by Crippen LogP contribution is -2.48. The third-order valence-corrected chi connectivity index (χ3v) is 2.71. The summed E-state index contributed by atoms with van der Waals surface area (Å²) in [5.74, 6) is -0.495. The normalized spacial score (nSPS) is 18.8. The molecule has 0 aliphatic carbocycles. The molecule has 1 saturated heterocycles. The van der Waals surface area contributed by atoms with Gasteiger partial charge in [0.2, 0.25) is 0 Å². The summed E-state index contributed by atoms with van der Waals surface area (Å²) in [6.07, 6.45) is -0.961. The van der Waals surface area contributed by atoms with Crippen molar-refractivity contribution in [2.75, 3.05) is 6.61 Å². The first-order valence-electron chi connectivity index (χ1n) is 5.36. The van der Waals surface area contributed by atoms with Gasteiger partial charge in [0.15, 0.2) is 0 Å². The fourth-order valence-electron chi connectivity index (χ4n) is 1.85. The third kappa shape index (κ3) is 2.55. The fraction of sp³-hybridized carbons (Fsp3) is 0.333. The van der Waals surface area contributed by atoms with Crippen LogP contribution in [-0.4, -0.2) is 29.6 Å². The molecule has 1 amide bonds. The van der Waals surface area contributed by atoms with E-state index in [1.807, 2.05) is 18.2 Å². The van der Waals surface area contributed by atoms with Crippen molar-refractivity contribution in [2.45, 2.75) is 19.0 Å². The number of amides is 1. The summed E-state index contributed by atoms with van der Waals surface area (Å²) in [4.78, 5) is 23.4. The lowest BCUT2D eigenvalue weighted by atomic mass is 10.1. The van der Waals surface area contributed by atoms with E-state index in [4.69, 9.17) is 4.74 Å². The number of nitrogens with zero attached hydrogens (tertiary/aromatic N) is 1. The summed E-state index contributed by atoms with van der Waals surface area (Å²) in [5, 5.41) is 11.0. The van der Waals surface area contributed by atoms with Gasteiger partial charge in [-0.15, -0.1) is 0 Å². The van der Waals surface area contributed by atoms with Crippen molar-refractivity contribution in [2.24, 2.45) is 0 Å². The predicted octanol–water partition coefficient (Wildman–Crippen LogP) is 0.147. The highest BCUT2D eigenvalue weighted by atomic mass is 16.5. The van der Waals surface area contributed by atoms with Crippen molar-refractivity contribution in [3.05, 3.63) is 35.9 Å². The number of hydrogen-bond acceptors (Lipinski definition) is 4. The van der Waals surface area contributed by atoms with Crippen LogP contribution in [0.25, 0.3) is 0 Å². The van der Waals surface area contributed by atoms with Crippen molar-refractivity contribution in [1.29, 1.82) is 0 Å². The van der Waals surface area contributed by atoms with Gasteiger partial charge in [-0.1, -0.05) is 30.3 Å². The molecule has 0 spiro atoms. The Kier molecular flexibility index (Phi) is 3.27. The fourth-order valence-corrected chi connectivity index (χ4v) is 1.85. The minimum absolute atomic E-state index is 0.142. The van der Waals surface area contributed by atoms with E-state index in [-0.39, 0.29) is 13.2 Å². The summed E-state index contributed by atoms with van der Waals surface area (Å²) >= 11 is 0. The molecule has 5 heteroatoms. The molecule has 0 aromatic heterocycles. The van der Waals surface area contributed by atoms with Crippen LogP contribution in [0.3, 0.4) is 0 Å². The highest BCUT2D eigenvalue weighted by molar-refractivity contribution is 5.81. The monoisotopic (exact) mass is 234 g/mol. The van der Waals surface area contributed by atoms with Crippen molar-refractivity contribution in [3.63, 3.8) is 0 Å². The Hall–Kier alpha value is -2.04. The number of ether oxygens (including phenoxy) is 1. The number of esters is 1. The maximum absolute atomic E-state index is 11.4. The molecule has 0 unspecified atom stereocenters. The molecule has 1 fully saturated rings. The molecule has 0 N–H and O–H groups in total. The number of carbonyl (C=O) groups excluding carboxylic acids is 2. The second-order valence-electron chi connectivity index (χ2n) is 3.85. The van der Waals surface area contributed by atoms with E-state index < -0.39 is 18.1 Å². The SMILES string of the molecule is O=C1OCC[C@H]1N(Cc1ccccc1)C(=O)[O-]. The van der Waals surface area contributed by atoms with E-state index in [2.05, 4.69) is 0 Å². The molecule has 1 atom stereocenters. The van der Waals surface area contributed by atoms with Crippen LogP contribution in [-0.2, 0) is 16.1 Å². The van der Waals surface area contributed by atoms with Crippen LogP contribution in [0.1, 0.15) is 12.0 Å². The summed E-state index contributed by atoms with van der Waals surface area (Å²) in [7, 11) is 0. The zero-order chi connectivity index (χ0) is 12.3. The Labute approximate surface area is 98.6 Å². The largest absolute Gasteiger partial charge is 0.530 e. The van der Waals surface area contributed by atoms with Gasteiger partial charge in [0.25, 0.3) is 0 Å². The lowest BCUT2D eigenvalue weighted by molar-refractivity contribution is -0.268. The Morgan fingerprint density at radius 2 is 2.12 bits per heavy atom. The zero-order valence-corrected chi connectivity index (χ0v) is 9.17. The maximum atomic E-state index is 11.4. The van der Waals surface area contributed by atoms with E-state index in [1.54, 1.807) is 12.1 Å². The Bertz CT molecular complexity index is 418. The number of hydrogen-bond donors (Lipinski definition) is 0. The molecule has 1 heterocycles. The smallest absolute Gasteiger partial charge is 0.328 e. The van der Waals surface area contributed by atoms with E-state index in [0.29, 0.717) is 6.42 Å². The minimum atomic E-state index is -1.35. The van der Waals surface area contributed by atoms with E-state index in [9.17, 15) is 14.7 Å². The molecule has 1 aromatic rings. The van der Waals surface area contributed by atoms with Crippen molar-refractivity contribution in [3.8, 4) is 0 Å². The molecule has 17 heavy (non-hydrogen) atoms. The number of carboxylic acid groups (broad SMARTS) is 1. The van der Waals surface area contributed by atoms with Gasteiger partial charge in [-0.25, -0.2) is 4.79 Å². The van der Waals surface area contributed by atoms with Crippen molar-refractivity contribution < 1.29 is 19.4 Å². The van der Waals surface area contributed by atoms with Crippen LogP contribution in [0, 0.1) is 0 Å². The van der Waals surface area contributed by atoms with E-state index in [0.717, 1.165) is 10.5 Å². The van der Waals surface area contributed by atoms with E-state index in [1.165, 1.54) is 0 Å². The first-order chi connectivity index (χ1) is 8.18. The zero-order valence-electron chi connectivity index (χ0n) is 9.17. The molecule has 0 saturated carbocycles. The Morgan fingerprint density at radius 3 is 2.65 bits per heavy atom. The van der Waals surface area contributed by atoms with Crippen LogP contribution in [0.5, 0.6) is 0 Å². The molecule has 1 aromatic carbocycles. The predicted molar refractivity (Wildman–Crippen MR) is 56.7 cm³/mol. The van der Waals surface area contributed by atoms with Crippen LogP contribution >= 0.6 is 0 Å². The molecule has 1 aliphatic rings. The molecule has 5 nitrogen and oxygen atoms in total. The second kappa shape index (κ2) is 4.86. The standard InChI is InChI=1S/C12H13NO4/c14-11-10(6-7-17-11)13(12(15)16)8-9-4-2-1-3-5-9/h1-5,10H,6-8H2,(H,15,16)/p-1/t10-/m1/s1. The molecule has 90 valence electrons. The third-order valence-electron chi connectivity index (χ3n) is 2.71. The minimum Gasteiger partial charge on any atom is -0.530 e. The molecule has 0 radical (unpaired) electrons. The first-order valence-corrected chi connectivity index (χ1v) is 5.36. The quantitative estimate of drug-likeness (QED) is 0.698. The summed E-state index contributed by atoms with van der Waals surface area (Å²) in [6.45, 7) is 0.408. The Balaban J connectivity index is 2.13. The summed E-state index contributed by atoms with van der Waals surface area (Å²) < 4.78 is 4.76. The van der Waals surface area contributed by atoms with Gasteiger partial charge in [0, 0.05) is 13.0 Å². The summed E-state index contributed by atoms with van der Waals surface area (Å²) in [6, 6.07) is 8.34. The van der Waals surface area contributed by atoms with Gasteiger partial charge in [0.05, 0.1) is 6.61 Å². The molecular formula is C12H12NO4-. The van der Waals surface area contributed by atoms with E-state index >= 15 is 0 Å². The second-order valence-corrected chi connectivity index (χ2v) is 3.85. The van der Waals surface area contributed by atoms with Crippen LogP contribution in [0.4, 0.5) is 4.79 Å². The van der Waals surface area contributed by atoms with Gasteiger partial charge in [-0.05, 0) is 5.56 Å². The van der Waals surface area contributed by atoms with Gasteiger partial charge in [-0.3, -0.25) is 0 Å². The molecule has 1 aliphatic heterocycles. The highest BCUT2D eigenvalue weighted by Gasteiger charge is 2.32. The van der Waals surface area contributed by atoms with Crippen molar-refractivity contribution >= 4 is 12.1 Å². The number of cyclic esters (lactones) is 1. The lowest BCUT2D eigenvalue weighted by Gasteiger charge is -2.28. The average Bonchev–Trinajstić information content (AvgIpc) is 2.73. The van der Waals surface area contributed by atoms with Crippen LogP contribution in [0.15, 0.2) is 30.3 Å². The molecular weight excluding hydrogens is 222 g/mol. The van der Waals surface area contributed by atoms with Crippen molar-refractivity contribution in [1.82, 2.24) is 4.90 Å². The molecule has 0 bridgehead atoms. The summed E-state index contributed by atoms with van der Waals surface area (Å²) in [5.41, 5.74) is 0.816. The van der Waals surface area contributed by atoms with Gasteiger partial charge >= 0.3 is 5.97 Å².